The van der Waals surface area contributed by atoms with E-state index >= 15 is 0 Å². The lowest BCUT2D eigenvalue weighted by Gasteiger charge is -2.22. The summed E-state index contributed by atoms with van der Waals surface area (Å²) in [4.78, 5) is 21.6. The van der Waals surface area contributed by atoms with Gasteiger partial charge in [0.2, 0.25) is 5.91 Å². The maximum atomic E-state index is 12.1. The van der Waals surface area contributed by atoms with Gasteiger partial charge in [0, 0.05) is 43.0 Å². The molecule has 6 heteroatoms. The molecular formula is C13H18N4OS. The molecule has 1 atom stereocenters. The van der Waals surface area contributed by atoms with Crippen molar-refractivity contribution in [1.29, 1.82) is 0 Å². The molecule has 1 saturated heterocycles. The summed E-state index contributed by atoms with van der Waals surface area (Å²) >= 11 is 1.61. The molecule has 19 heavy (non-hydrogen) atoms. The Morgan fingerprint density at radius 1 is 1.42 bits per heavy atom. The van der Waals surface area contributed by atoms with Gasteiger partial charge in [-0.3, -0.25) is 4.79 Å². The van der Waals surface area contributed by atoms with Crippen molar-refractivity contribution in [2.24, 2.45) is 5.73 Å². The van der Waals surface area contributed by atoms with Gasteiger partial charge in [0.05, 0.1) is 11.7 Å². The summed E-state index contributed by atoms with van der Waals surface area (Å²) in [7, 11) is 1.79. The van der Waals surface area contributed by atoms with Gasteiger partial charge in [-0.25, -0.2) is 4.98 Å². The molecule has 1 amide bonds. The fraction of sp³-hybridized carbons (Fsp3) is 0.538. The van der Waals surface area contributed by atoms with Gasteiger partial charge in [-0.05, 0) is 12.8 Å². The van der Waals surface area contributed by atoms with Crippen molar-refractivity contribution in [2.75, 3.05) is 35.7 Å². The maximum absolute atomic E-state index is 12.1. The Balaban J connectivity index is 1.97. The molecule has 0 saturated carbocycles. The van der Waals surface area contributed by atoms with Gasteiger partial charge in [-0.15, -0.1) is 11.8 Å². The first-order valence-electron chi connectivity index (χ1n) is 6.58. The lowest BCUT2D eigenvalue weighted by molar-refractivity contribution is -0.119. The fourth-order valence-corrected chi connectivity index (χ4v) is 3.51. The third-order valence-electron chi connectivity index (χ3n) is 3.69. The molecule has 0 radical (unpaired) electrons. The highest BCUT2D eigenvalue weighted by Gasteiger charge is 2.27. The quantitative estimate of drug-likeness (QED) is 0.833. The molecular weight excluding hydrogens is 260 g/mol. The average Bonchev–Trinajstić information content (AvgIpc) is 2.94. The number of hydrogen-bond acceptors (Lipinski definition) is 5. The summed E-state index contributed by atoms with van der Waals surface area (Å²) in [6.45, 7) is 2.10. The third-order valence-corrected chi connectivity index (χ3v) is 4.84. The molecule has 1 aromatic heterocycles. The lowest BCUT2D eigenvalue weighted by Crippen LogP contribution is -2.42. The SMILES string of the molecule is CN1C(=O)[C@@H](N)CSc2cnc(N3CCCC3)cc21. The number of fused-ring (bicyclic) bond motifs is 1. The smallest absolute Gasteiger partial charge is 0.244 e. The zero-order valence-electron chi connectivity index (χ0n) is 11.0. The van der Waals surface area contributed by atoms with Gasteiger partial charge >= 0.3 is 0 Å². The average molecular weight is 278 g/mol. The molecule has 2 aliphatic rings. The Morgan fingerprint density at radius 3 is 2.89 bits per heavy atom. The predicted molar refractivity (Wildman–Crippen MR) is 77.8 cm³/mol. The maximum Gasteiger partial charge on any atom is 0.244 e. The van der Waals surface area contributed by atoms with Crippen molar-refractivity contribution in [2.45, 2.75) is 23.8 Å². The van der Waals surface area contributed by atoms with Crippen molar-refractivity contribution >= 4 is 29.2 Å². The van der Waals surface area contributed by atoms with Crippen LogP contribution in [0.3, 0.4) is 0 Å². The third kappa shape index (κ3) is 2.30. The molecule has 3 rings (SSSR count). The minimum Gasteiger partial charge on any atom is -0.357 e. The number of carbonyl (C=O) groups is 1. The van der Waals surface area contributed by atoms with Gasteiger partial charge < -0.3 is 15.5 Å². The number of carbonyl (C=O) groups excluding carboxylic acids is 1. The lowest BCUT2D eigenvalue weighted by atomic mass is 10.2. The van der Waals surface area contributed by atoms with Crippen LogP contribution in [0.4, 0.5) is 11.5 Å². The number of aromatic nitrogens is 1. The first-order chi connectivity index (χ1) is 9.16. The molecule has 0 aliphatic carbocycles. The zero-order valence-corrected chi connectivity index (χ0v) is 11.8. The van der Waals surface area contributed by atoms with E-state index in [1.165, 1.54) is 12.8 Å². The van der Waals surface area contributed by atoms with Crippen molar-refractivity contribution in [3.8, 4) is 0 Å². The van der Waals surface area contributed by atoms with Crippen LogP contribution in [0.5, 0.6) is 0 Å². The Morgan fingerprint density at radius 2 is 2.16 bits per heavy atom. The van der Waals surface area contributed by atoms with Gasteiger partial charge in [0.15, 0.2) is 0 Å². The van der Waals surface area contributed by atoms with Crippen molar-refractivity contribution in [3.05, 3.63) is 12.3 Å². The molecule has 5 nitrogen and oxygen atoms in total. The van der Waals surface area contributed by atoms with Crippen LogP contribution in [-0.2, 0) is 4.79 Å². The second-order valence-electron chi connectivity index (χ2n) is 5.02. The summed E-state index contributed by atoms with van der Waals surface area (Å²) in [6, 6.07) is 1.58. The van der Waals surface area contributed by atoms with Crippen LogP contribution in [-0.4, -0.2) is 42.8 Å². The second-order valence-corrected chi connectivity index (χ2v) is 6.08. The molecule has 1 fully saturated rings. The van der Waals surface area contributed by atoms with Crippen molar-refractivity contribution < 1.29 is 4.79 Å². The topological polar surface area (TPSA) is 62.5 Å². The van der Waals surface area contributed by atoms with Gasteiger partial charge in [-0.2, -0.15) is 0 Å². The van der Waals surface area contributed by atoms with Crippen LogP contribution >= 0.6 is 11.8 Å². The highest BCUT2D eigenvalue weighted by atomic mass is 32.2. The van der Waals surface area contributed by atoms with E-state index in [1.807, 2.05) is 12.3 Å². The molecule has 0 spiro atoms. The van der Waals surface area contributed by atoms with Crippen LogP contribution in [0.2, 0.25) is 0 Å². The fourth-order valence-electron chi connectivity index (χ4n) is 2.53. The number of anilines is 2. The molecule has 102 valence electrons. The molecule has 0 aromatic carbocycles. The molecule has 3 heterocycles. The summed E-state index contributed by atoms with van der Waals surface area (Å²) in [5.74, 6) is 1.55. The molecule has 2 N–H and O–H groups in total. The minimum atomic E-state index is -0.433. The molecule has 0 bridgehead atoms. The Kier molecular flexibility index (Phi) is 3.36. The number of hydrogen-bond donors (Lipinski definition) is 1. The normalized spacial score (nSPS) is 23.5. The first kappa shape index (κ1) is 12.7. The van der Waals surface area contributed by atoms with E-state index in [-0.39, 0.29) is 5.91 Å². The van der Waals surface area contributed by atoms with Gasteiger partial charge in [0.1, 0.15) is 5.82 Å². The highest BCUT2D eigenvalue weighted by Crippen LogP contribution is 2.35. The number of likely N-dealkylation sites (N-methyl/N-ethyl adjacent to an activating group) is 1. The minimum absolute atomic E-state index is 0.0233. The van der Waals surface area contributed by atoms with Gasteiger partial charge in [-0.1, -0.05) is 0 Å². The summed E-state index contributed by atoms with van der Waals surface area (Å²) in [6.07, 6.45) is 4.30. The highest BCUT2D eigenvalue weighted by molar-refractivity contribution is 7.99. The van der Waals surface area contributed by atoms with Crippen LogP contribution in [0.15, 0.2) is 17.2 Å². The van der Waals surface area contributed by atoms with E-state index in [2.05, 4.69) is 9.88 Å². The van der Waals surface area contributed by atoms with E-state index in [1.54, 1.807) is 23.7 Å². The van der Waals surface area contributed by atoms with E-state index in [0.29, 0.717) is 5.75 Å². The Labute approximate surface area is 117 Å². The van der Waals surface area contributed by atoms with Gasteiger partial charge in [0.25, 0.3) is 0 Å². The largest absolute Gasteiger partial charge is 0.357 e. The molecule has 2 aliphatic heterocycles. The van der Waals surface area contributed by atoms with E-state index < -0.39 is 6.04 Å². The van der Waals surface area contributed by atoms with Crippen LogP contribution in [0.25, 0.3) is 0 Å². The van der Waals surface area contributed by atoms with Crippen LogP contribution in [0.1, 0.15) is 12.8 Å². The molecule has 1 aromatic rings. The van der Waals surface area contributed by atoms with Crippen LogP contribution < -0.4 is 15.5 Å². The number of rotatable bonds is 1. The summed E-state index contributed by atoms with van der Waals surface area (Å²) < 4.78 is 0. The summed E-state index contributed by atoms with van der Waals surface area (Å²) in [5, 5.41) is 0. The van der Waals surface area contributed by atoms with Crippen LogP contribution in [0, 0.1) is 0 Å². The predicted octanol–water partition coefficient (Wildman–Crippen LogP) is 1.08. The number of thioether (sulfide) groups is 1. The standard InChI is InChI=1S/C13H18N4OS/c1-16-10-6-12(17-4-2-3-5-17)15-7-11(10)19-8-9(14)13(16)18/h6-7,9H,2-5,8,14H2,1H3/t9-/m0/s1. The Hall–Kier alpha value is -1.27. The van der Waals surface area contributed by atoms with E-state index in [9.17, 15) is 4.79 Å². The van der Waals surface area contributed by atoms with Crippen molar-refractivity contribution in [1.82, 2.24) is 4.98 Å². The van der Waals surface area contributed by atoms with E-state index in [0.717, 1.165) is 29.5 Å². The number of amides is 1. The monoisotopic (exact) mass is 278 g/mol. The Bertz CT molecular complexity index is 501. The molecule has 0 unspecified atom stereocenters. The van der Waals surface area contributed by atoms with E-state index in [4.69, 9.17) is 5.73 Å². The summed E-state index contributed by atoms with van der Waals surface area (Å²) in [5.41, 5.74) is 6.80. The zero-order chi connectivity index (χ0) is 13.4. The van der Waals surface area contributed by atoms with Crippen molar-refractivity contribution in [3.63, 3.8) is 0 Å². The number of nitrogens with zero attached hydrogens (tertiary/aromatic N) is 3. The number of nitrogens with two attached hydrogens (primary N) is 1. The second kappa shape index (κ2) is 5.02. The number of pyridine rings is 1. The first-order valence-corrected chi connectivity index (χ1v) is 7.56.